The molecule has 2 aromatic heterocycles. The summed E-state index contributed by atoms with van der Waals surface area (Å²) in [5, 5.41) is 7.43. The first kappa shape index (κ1) is 24.1. The van der Waals surface area contributed by atoms with Crippen LogP contribution in [-0.2, 0) is 23.1 Å². The predicted molar refractivity (Wildman–Crippen MR) is 130 cm³/mol. The number of piperidine rings is 1. The van der Waals surface area contributed by atoms with Gasteiger partial charge in [0, 0.05) is 37.6 Å². The molecule has 9 heteroatoms. The highest BCUT2D eigenvalue weighted by molar-refractivity contribution is 7.89. The number of aryl methyl sites for hydroxylation is 1. The number of benzene rings is 1. The van der Waals surface area contributed by atoms with E-state index in [0.717, 1.165) is 24.0 Å². The summed E-state index contributed by atoms with van der Waals surface area (Å²) in [7, 11) is -3.57. The van der Waals surface area contributed by atoms with Gasteiger partial charge in [-0.15, -0.1) is 0 Å². The van der Waals surface area contributed by atoms with Crippen LogP contribution in [0, 0.1) is 19.8 Å². The fourth-order valence-corrected chi connectivity index (χ4v) is 6.12. The summed E-state index contributed by atoms with van der Waals surface area (Å²) in [6.45, 7) is 7.69. The van der Waals surface area contributed by atoms with Crippen molar-refractivity contribution in [2.75, 3.05) is 13.1 Å². The number of hydrogen-bond donors (Lipinski definition) is 1. The second kappa shape index (κ2) is 10.1. The van der Waals surface area contributed by atoms with Gasteiger partial charge in [0.05, 0.1) is 17.9 Å². The third-order valence-electron chi connectivity index (χ3n) is 6.41. The first-order chi connectivity index (χ1) is 16.3. The van der Waals surface area contributed by atoms with Gasteiger partial charge in [0.2, 0.25) is 10.0 Å². The quantitative estimate of drug-likeness (QED) is 0.559. The highest BCUT2D eigenvalue weighted by Gasteiger charge is 2.33. The Kier molecular flexibility index (Phi) is 7.13. The Labute approximate surface area is 201 Å². The summed E-state index contributed by atoms with van der Waals surface area (Å²) in [5.74, 6) is 0.399. The van der Waals surface area contributed by atoms with Gasteiger partial charge < -0.3 is 5.32 Å². The van der Waals surface area contributed by atoms with Gasteiger partial charge in [0.1, 0.15) is 4.90 Å². The number of hydrogen-bond acceptors (Lipinski definition) is 5. The van der Waals surface area contributed by atoms with Gasteiger partial charge in [-0.2, -0.15) is 9.40 Å². The van der Waals surface area contributed by atoms with E-state index >= 15 is 0 Å². The number of sulfonamides is 1. The van der Waals surface area contributed by atoms with Crippen LogP contribution in [0.25, 0.3) is 0 Å². The Morgan fingerprint density at radius 1 is 1.03 bits per heavy atom. The highest BCUT2D eigenvalue weighted by Crippen LogP contribution is 2.28. The van der Waals surface area contributed by atoms with E-state index in [1.54, 1.807) is 47.4 Å². The summed E-state index contributed by atoms with van der Waals surface area (Å²) < 4.78 is 29.9. The fourth-order valence-electron chi connectivity index (χ4n) is 4.28. The van der Waals surface area contributed by atoms with E-state index in [4.69, 9.17) is 0 Å². The van der Waals surface area contributed by atoms with Crippen molar-refractivity contribution >= 4 is 15.9 Å². The number of nitrogens with zero attached hydrogens (tertiary/aromatic N) is 4. The van der Waals surface area contributed by atoms with Crippen LogP contribution >= 0.6 is 0 Å². The first-order valence-electron chi connectivity index (χ1n) is 11.6. The number of rotatable bonds is 7. The van der Waals surface area contributed by atoms with Crippen LogP contribution in [0.5, 0.6) is 0 Å². The maximum atomic E-state index is 13.3. The molecule has 0 atom stereocenters. The summed E-state index contributed by atoms with van der Waals surface area (Å²) in [4.78, 5) is 16.7. The van der Waals surface area contributed by atoms with Gasteiger partial charge in [0.25, 0.3) is 5.91 Å². The Morgan fingerprint density at radius 2 is 1.68 bits per heavy atom. The third-order valence-corrected chi connectivity index (χ3v) is 8.56. The van der Waals surface area contributed by atoms with E-state index < -0.39 is 10.0 Å². The number of amides is 1. The molecular weight excluding hydrogens is 450 g/mol. The predicted octanol–water partition coefficient (Wildman–Crippen LogP) is 3.29. The Morgan fingerprint density at radius 3 is 2.32 bits per heavy atom. The van der Waals surface area contributed by atoms with E-state index in [9.17, 15) is 13.2 Å². The Bertz CT molecular complexity index is 1250. The molecule has 3 heterocycles. The zero-order valence-corrected chi connectivity index (χ0v) is 20.7. The highest BCUT2D eigenvalue weighted by atomic mass is 32.2. The van der Waals surface area contributed by atoms with Crippen LogP contribution in [-0.4, -0.2) is 46.5 Å². The fraction of sp³-hybridized carbons (Fsp3) is 0.400. The number of carbonyl (C=O) groups is 1. The van der Waals surface area contributed by atoms with Crippen LogP contribution in [0.1, 0.15) is 52.6 Å². The van der Waals surface area contributed by atoms with Crippen molar-refractivity contribution in [3.05, 3.63) is 76.9 Å². The van der Waals surface area contributed by atoms with Crippen molar-refractivity contribution in [3.8, 4) is 0 Å². The van der Waals surface area contributed by atoms with Crippen molar-refractivity contribution in [1.82, 2.24) is 24.4 Å². The molecule has 0 radical (unpaired) electrons. The summed E-state index contributed by atoms with van der Waals surface area (Å²) in [6, 6.07) is 11.0. The molecule has 1 N–H and O–H groups in total. The largest absolute Gasteiger partial charge is 0.348 e. The molecule has 1 aliphatic heterocycles. The van der Waals surface area contributed by atoms with Crippen LogP contribution in [0.4, 0.5) is 0 Å². The SMILES string of the molecule is Cc1nn(Cc2ccc(C(=O)NCc3ccncc3)cc2)c(C)c1S(=O)(=O)N1CCC(C)CC1. The van der Waals surface area contributed by atoms with Crippen molar-refractivity contribution in [2.45, 2.75) is 51.6 Å². The number of nitrogens with one attached hydrogen (secondary N) is 1. The molecule has 1 aliphatic rings. The molecule has 1 aromatic carbocycles. The van der Waals surface area contributed by atoms with Crippen LogP contribution in [0.2, 0.25) is 0 Å². The summed E-state index contributed by atoms with van der Waals surface area (Å²) in [5.41, 5.74) is 3.63. The van der Waals surface area contributed by atoms with E-state index in [0.29, 0.717) is 53.9 Å². The zero-order valence-electron chi connectivity index (χ0n) is 19.9. The molecule has 0 bridgehead atoms. The lowest BCUT2D eigenvalue weighted by molar-refractivity contribution is 0.0951. The minimum absolute atomic E-state index is 0.154. The molecule has 8 nitrogen and oxygen atoms in total. The van der Waals surface area contributed by atoms with Crippen molar-refractivity contribution in [3.63, 3.8) is 0 Å². The van der Waals surface area contributed by atoms with Crippen molar-refractivity contribution in [1.29, 1.82) is 0 Å². The average Bonchev–Trinajstić information content (AvgIpc) is 3.12. The molecule has 3 aromatic rings. The molecular formula is C25H31N5O3S. The Hall–Kier alpha value is -3.04. The summed E-state index contributed by atoms with van der Waals surface area (Å²) >= 11 is 0. The van der Waals surface area contributed by atoms with E-state index in [1.807, 2.05) is 24.3 Å². The molecule has 0 spiro atoms. The van der Waals surface area contributed by atoms with Gasteiger partial charge in [-0.25, -0.2) is 8.42 Å². The maximum absolute atomic E-state index is 13.3. The maximum Gasteiger partial charge on any atom is 0.251 e. The smallest absolute Gasteiger partial charge is 0.251 e. The van der Waals surface area contributed by atoms with Gasteiger partial charge in [-0.1, -0.05) is 19.1 Å². The topological polar surface area (TPSA) is 97.2 Å². The standard InChI is InChI=1S/C25H31N5O3S/c1-18-10-14-29(15-11-18)34(32,33)24-19(2)28-30(20(24)3)17-22-4-6-23(7-5-22)25(31)27-16-21-8-12-26-13-9-21/h4-9,12-13,18H,10-11,14-17H2,1-3H3,(H,27,31). The van der Waals surface area contributed by atoms with Gasteiger partial charge in [-0.3, -0.25) is 14.5 Å². The number of pyridine rings is 1. The third kappa shape index (κ3) is 5.20. The van der Waals surface area contributed by atoms with Crippen molar-refractivity contribution < 1.29 is 13.2 Å². The Balaban J connectivity index is 1.44. The lowest BCUT2D eigenvalue weighted by Crippen LogP contribution is -2.38. The normalized spacial score (nSPS) is 15.4. The average molecular weight is 482 g/mol. The lowest BCUT2D eigenvalue weighted by atomic mass is 10.0. The number of carbonyl (C=O) groups excluding carboxylic acids is 1. The summed E-state index contributed by atoms with van der Waals surface area (Å²) in [6.07, 6.45) is 5.15. The van der Waals surface area contributed by atoms with Crippen LogP contribution < -0.4 is 5.32 Å². The van der Waals surface area contributed by atoms with E-state index in [2.05, 4.69) is 22.3 Å². The minimum Gasteiger partial charge on any atom is -0.348 e. The molecule has 1 amide bonds. The number of aromatic nitrogens is 3. The second-order valence-electron chi connectivity index (χ2n) is 8.98. The van der Waals surface area contributed by atoms with Crippen molar-refractivity contribution in [2.24, 2.45) is 5.92 Å². The zero-order chi connectivity index (χ0) is 24.3. The first-order valence-corrected chi connectivity index (χ1v) is 13.0. The molecule has 0 unspecified atom stereocenters. The van der Waals surface area contributed by atoms with E-state index in [-0.39, 0.29) is 5.91 Å². The molecule has 0 saturated carbocycles. The molecule has 1 saturated heterocycles. The van der Waals surface area contributed by atoms with Crippen LogP contribution in [0.15, 0.2) is 53.7 Å². The monoisotopic (exact) mass is 481 g/mol. The van der Waals surface area contributed by atoms with E-state index in [1.165, 1.54) is 0 Å². The lowest BCUT2D eigenvalue weighted by Gasteiger charge is -2.29. The molecule has 34 heavy (non-hydrogen) atoms. The van der Waals surface area contributed by atoms with Gasteiger partial charge >= 0.3 is 0 Å². The van der Waals surface area contributed by atoms with Gasteiger partial charge in [0.15, 0.2) is 0 Å². The minimum atomic E-state index is -3.57. The van der Waals surface area contributed by atoms with Crippen LogP contribution in [0.3, 0.4) is 0 Å². The molecule has 180 valence electrons. The molecule has 0 aliphatic carbocycles. The molecule has 4 rings (SSSR count). The molecule has 1 fully saturated rings. The van der Waals surface area contributed by atoms with Gasteiger partial charge in [-0.05, 0) is 68.0 Å². The second-order valence-corrected chi connectivity index (χ2v) is 10.9.